The number of ether oxygens (including phenoxy) is 1. The standard InChI is InChI=1S/C13H16N4O3/c1-2-20-11-6-9(15)12(11)16-10-5-3-4-8(7-14)13(10)17(18)19/h3-5,9,11-12,16H,2,6,15H2,1H3. The smallest absolute Gasteiger partial charge is 0.309 e. The van der Waals surface area contributed by atoms with Crippen molar-refractivity contribution in [2.75, 3.05) is 11.9 Å². The van der Waals surface area contributed by atoms with Crippen LogP contribution in [0.3, 0.4) is 0 Å². The van der Waals surface area contributed by atoms with Gasteiger partial charge in [0.15, 0.2) is 0 Å². The highest BCUT2D eigenvalue weighted by molar-refractivity contribution is 5.69. The van der Waals surface area contributed by atoms with E-state index in [9.17, 15) is 10.1 Å². The van der Waals surface area contributed by atoms with Crippen molar-refractivity contribution >= 4 is 11.4 Å². The molecule has 3 unspecified atom stereocenters. The SMILES string of the molecule is CCOC1CC(N)C1Nc1cccc(C#N)c1[N+](=O)[O-]. The first-order chi connectivity index (χ1) is 9.58. The molecule has 3 atom stereocenters. The molecule has 0 spiro atoms. The van der Waals surface area contributed by atoms with Gasteiger partial charge in [-0.25, -0.2) is 0 Å². The summed E-state index contributed by atoms with van der Waals surface area (Å²) in [6, 6.07) is 6.14. The molecule has 0 radical (unpaired) electrons. The molecule has 0 aliphatic heterocycles. The number of anilines is 1. The minimum absolute atomic E-state index is 0.0286. The zero-order valence-electron chi connectivity index (χ0n) is 11.1. The molecule has 1 fully saturated rings. The first kappa shape index (κ1) is 14.2. The molecule has 1 aliphatic rings. The fourth-order valence-corrected chi connectivity index (χ4v) is 2.35. The van der Waals surface area contributed by atoms with Crippen molar-refractivity contribution < 1.29 is 9.66 Å². The van der Waals surface area contributed by atoms with Crippen molar-refractivity contribution in [2.24, 2.45) is 5.73 Å². The van der Waals surface area contributed by atoms with E-state index < -0.39 is 4.92 Å². The summed E-state index contributed by atoms with van der Waals surface area (Å²) >= 11 is 0. The van der Waals surface area contributed by atoms with Gasteiger partial charge in [-0.15, -0.1) is 0 Å². The van der Waals surface area contributed by atoms with E-state index in [1.807, 2.05) is 13.0 Å². The van der Waals surface area contributed by atoms with E-state index in [0.717, 1.165) is 6.42 Å². The minimum atomic E-state index is -0.555. The van der Waals surface area contributed by atoms with Crippen LogP contribution in [0.1, 0.15) is 18.9 Å². The number of nitriles is 1. The third kappa shape index (κ3) is 2.57. The third-order valence-electron chi connectivity index (χ3n) is 3.41. The van der Waals surface area contributed by atoms with Gasteiger partial charge in [0.05, 0.1) is 17.1 Å². The Kier molecular flexibility index (Phi) is 4.17. The van der Waals surface area contributed by atoms with E-state index >= 15 is 0 Å². The molecule has 7 nitrogen and oxygen atoms in total. The lowest BCUT2D eigenvalue weighted by Gasteiger charge is -2.42. The average Bonchev–Trinajstić information content (AvgIpc) is 2.43. The fraction of sp³-hybridized carbons (Fsp3) is 0.462. The molecular formula is C13H16N4O3. The Morgan fingerprint density at radius 1 is 1.65 bits per heavy atom. The van der Waals surface area contributed by atoms with E-state index in [1.165, 1.54) is 6.07 Å². The zero-order chi connectivity index (χ0) is 14.7. The highest BCUT2D eigenvalue weighted by atomic mass is 16.6. The maximum absolute atomic E-state index is 11.1. The lowest BCUT2D eigenvalue weighted by atomic mass is 9.83. The van der Waals surface area contributed by atoms with Gasteiger partial charge in [0.1, 0.15) is 17.3 Å². The Morgan fingerprint density at radius 2 is 2.40 bits per heavy atom. The van der Waals surface area contributed by atoms with Crippen molar-refractivity contribution in [2.45, 2.75) is 31.5 Å². The monoisotopic (exact) mass is 276 g/mol. The summed E-state index contributed by atoms with van der Waals surface area (Å²) in [6.45, 7) is 2.45. The van der Waals surface area contributed by atoms with Crippen molar-refractivity contribution in [3.05, 3.63) is 33.9 Å². The number of benzene rings is 1. The number of nitro groups is 1. The van der Waals surface area contributed by atoms with Gasteiger partial charge in [-0.3, -0.25) is 10.1 Å². The summed E-state index contributed by atoms with van der Waals surface area (Å²) in [5, 5.41) is 23.1. The number of rotatable bonds is 5. The van der Waals surface area contributed by atoms with Crippen LogP contribution < -0.4 is 11.1 Å². The molecule has 2 rings (SSSR count). The summed E-state index contributed by atoms with van der Waals surface area (Å²) in [6.07, 6.45) is 0.664. The van der Waals surface area contributed by atoms with E-state index in [2.05, 4.69) is 5.32 Å². The summed E-state index contributed by atoms with van der Waals surface area (Å²) < 4.78 is 5.51. The second kappa shape index (κ2) is 5.86. The number of nitrogens with zero attached hydrogens (tertiary/aromatic N) is 2. The molecule has 3 N–H and O–H groups in total. The van der Waals surface area contributed by atoms with E-state index in [-0.39, 0.29) is 29.4 Å². The predicted molar refractivity (Wildman–Crippen MR) is 73.2 cm³/mol. The zero-order valence-corrected chi connectivity index (χ0v) is 11.1. The number of para-hydroxylation sites is 1. The molecule has 0 aromatic heterocycles. The topological polar surface area (TPSA) is 114 Å². The van der Waals surface area contributed by atoms with Gasteiger partial charge in [0, 0.05) is 12.6 Å². The van der Waals surface area contributed by atoms with Crippen LogP contribution in [0.2, 0.25) is 0 Å². The van der Waals surface area contributed by atoms with Crippen LogP contribution in [0, 0.1) is 21.4 Å². The van der Waals surface area contributed by atoms with E-state index in [1.54, 1.807) is 12.1 Å². The summed E-state index contributed by atoms with van der Waals surface area (Å²) in [7, 11) is 0. The number of hydrogen-bond donors (Lipinski definition) is 2. The maximum atomic E-state index is 11.1. The molecule has 1 saturated carbocycles. The second-order valence-electron chi connectivity index (χ2n) is 4.63. The Morgan fingerprint density at radius 3 is 2.95 bits per heavy atom. The second-order valence-corrected chi connectivity index (χ2v) is 4.63. The Hall–Kier alpha value is -2.17. The highest BCUT2D eigenvalue weighted by Crippen LogP contribution is 2.32. The van der Waals surface area contributed by atoms with Gasteiger partial charge in [-0.2, -0.15) is 5.26 Å². The van der Waals surface area contributed by atoms with Crippen molar-refractivity contribution in [1.82, 2.24) is 0 Å². The molecule has 0 bridgehead atoms. The molecule has 1 aliphatic carbocycles. The normalized spacial score (nSPS) is 24.6. The fourth-order valence-electron chi connectivity index (χ4n) is 2.35. The lowest BCUT2D eigenvalue weighted by molar-refractivity contribution is -0.384. The summed E-state index contributed by atoms with van der Waals surface area (Å²) in [4.78, 5) is 10.6. The largest absolute Gasteiger partial charge is 0.376 e. The summed E-state index contributed by atoms with van der Waals surface area (Å²) in [5.74, 6) is 0. The van der Waals surface area contributed by atoms with Gasteiger partial charge in [0.25, 0.3) is 0 Å². The minimum Gasteiger partial charge on any atom is -0.376 e. The molecule has 7 heteroatoms. The van der Waals surface area contributed by atoms with Crippen LogP contribution >= 0.6 is 0 Å². The van der Waals surface area contributed by atoms with E-state index in [0.29, 0.717) is 12.3 Å². The van der Waals surface area contributed by atoms with Gasteiger partial charge < -0.3 is 15.8 Å². The van der Waals surface area contributed by atoms with Crippen LogP contribution in [0.15, 0.2) is 18.2 Å². The quantitative estimate of drug-likeness (QED) is 0.620. The number of nitrogens with one attached hydrogen (secondary N) is 1. The van der Waals surface area contributed by atoms with Crippen molar-refractivity contribution in [1.29, 1.82) is 5.26 Å². The predicted octanol–water partition coefficient (Wildman–Crippen LogP) is 1.38. The molecule has 20 heavy (non-hydrogen) atoms. The van der Waals surface area contributed by atoms with E-state index in [4.69, 9.17) is 15.7 Å². The molecular weight excluding hydrogens is 260 g/mol. The summed E-state index contributed by atoms with van der Waals surface area (Å²) in [5.41, 5.74) is 6.03. The van der Waals surface area contributed by atoms with Crippen molar-refractivity contribution in [3.8, 4) is 6.07 Å². The first-order valence-electron chi connectivity index (χ1n) is 6.39. The van der Waals surface area contributed by atoms with Crippen LogP contribution in [-0.2, 0) is 4.74 Å². The first-order valence-corrected chi connectivity index (χ1v) is 6.39. The van der Waals surface area contributed by atoms with Crippen LogP contribution in [0.25, 0.3) is 0 Å². The maximum Gasteiger partial charge on any atom is 0.309 e. The van der Waals surface area contributed by atoms with Gasteiger partial charge >= 0.3 is 5.69 Å². The van der Waals surface area contributed by atoms with Gasteiger partial charge in [-0.1, -0.05) is 6.07 Å². The van der Waals surface area contributed by atoms with Crippen molar-refractivity contribution in [3.63, 3.8) is 0 Å². The molecule has 0 saturated heterocycles. The number of nitro benzene ring substituents is 1. The Bertz CT molecular complexity index is 553. The third-order valence-corrected chi connectivity index (χ3v) is 3.41. The molecule has 0 heterocycles. The molecule has 0 amide bonds. The van der Waals surface area contributed by atoms with Crippen LogP contribution in [-0.4, -0.2) is 29.7 Å². The Labute approximate surface area is 116 Å². The molecule has 1 aromatic carbocycles. The highest BCUT2D eigenvalue weighted by Gasteiger charge is 2.40. The van der Waals surface area contributed by atoms with Crippen LogP contribution in [0.4, 0.5) is 11.4 Å². The Balaban J connectivity index is 2.25. The number of hydrogen-bond acceptors (Lipinski definition) is 6. The van der Waals surface area contributed by atoms with Gasteiger partial charge in [-0.05, 0) is 25.5 Å². The molecule has 106 valence electrons. The lowest BCUT2D eigenvalue weighted by Crippen LogP contribution is -2.60. The average molecular weight is 276 g/mol. The molecule has 1 aromatic rings. The van der Waals surface area contributed by atoms with Gasteiger partial charge in [0.2, 0.25) is 0 Å². The van der Waals surface area contributed by atoms with Crippen LogP contribution in [0.5, 0.6) is 0 Å². The number of nitrogens with two attached hydrogens (primary N) is 1.